The highest BCUT2D eigenvalue weighted by Crippen LogP contribution is 2.16. The van der Waals surface area contributed by atoms with E-state index in [4.69, 9.17) is 4.74 Å². The van der Waals surface area contributed by atoms with E-state index in [0.29, 0.717) is 5.75 Å². The zero-order chi connectivity index (χ0) is 14.9. The SMILES string of the molecule is COc1ccc(/C=N\NC(=O)CSc2ccccc2)cc1. The van der Waals surface area contributed by atoms with Gasteiger partial charge in [0.1, 0.15) is 5.75 Å². The summed E-state index contributed by atoms with van der Waals surface area (Å²) in [4.78, 5) is 12.7. The molecular weight excluding hydrogens is 284 g/mol. The highest BCUT2D eigenvalue weighted by atomic mass is 32.2. The van der Waals surface area contributed by atoms with E-state index in [2.05, 4.69) is 10.5 Å². The first-order valence-electron chi connectivity index (χ1n) is 6.42. The smallest absolute Gasteiger partial charge is 0.250 e. The second-order valence-corrected chi connectivity index (χ2v) is 5.22. The Morgan fingerprint density at radius 1 is 1.19 bits per heavy atom. The lowest BCUT2D eigenvalue weighted by Crippen LogP contribution is -2.19. The van der Waals surface area contributed by atoms with Crippen molar-refractivity contribution in [2.75, 3.05) is 12.9 Å². The Balaban J connectivity index is 1.76. The third kappa shape index (κ3) is 5.31. The van der Waals surface area contributed by atoms with Crippen LogP contribution in [0.25, 0.3) is 0 Å². The molecule has 0 saturated carbocycles. The second kappa shape index (κ2) is 8.11. The van der Waals surface area contributed by atoms with Gasteiger partial charge in [0.15, 0.2) is 0 Å². The Kier molecular flexibility index (Phi) is 5.84. The Bertz CT molecular complexity index is 597. The molecule has 0 heterocycles. The number of hydrogen-bond acceptors (Lipinski definition) is 4. The first-order valence-corrected chi connectivity index (χ1v) is 7.40. The molecular formula is C16H16N2O2S. The lowest BCUT2D eigenvalue weighted by Gasteiger charge is -2.01. The number of nitrogens with one attached hydrogen (secondary N) is 1. The van der Waals surface area contributed by atoms with Gasteiger partial charge >= 0.3 is 0 Å². The molecule has 0 fully saturated rings. The minimum Gasteiger partial charge on any atom is -0.497 e. The van der Waals surface area contributed by atoms with Crippen LogP contribution in [0.1, 0.15) is 5.56 Å². The number of hydrazone groups is 1. The van der Waals surface area contributed by atoms with Gasteiger partial charge in [-0.3, -0.25) is 4.79 Å². The first-order chi connectivity index (χ1) is 10.3. The molecule has 2 aromatic carbocycles. The molecule has 2 rings (SSSR count). The molecule has 0 aliphatic rings. The van der Waals surface area contributed by atoms with Crippen molar-refractivity contribution in [3.05, 3.63) is 60.2 Å². The van der Waals surface area contributed by atoms with Crippen LogP contribution in [0, 0.1) is 0 Å². The first kappa shape index (κ1) is 15.1. The van der Waals surface area contributed by atoms with Crippen LogP contribution in [0.3, 0.4) is 0 Å². The summed E-state index contributed by atoms with van der Waals surface area (Å²) in [5.41, 5.74) is 3.40. The third-order valence-electron chi connectivity index (χ3n) is 2.63. The zero-order valence-electron chi connectivity index (χ0n) is 11.7. The number of carbonyl (C=O) groups is 1. The standard InChI is InChI=1S/C16H16N2O2S/c1-20-14-9-7-13(8-10-14)11-17-18-16(19)12-21-15-5-3-2-4-6-15/h2-11H,12H2,1H3,(H,18,19)/b17-11-. The van der Waals surface area contributed by atoms with E-state index in [1.54, 1.807) is 13.3 Å². The van der Waals surface area contributed by atoms with E-state index in [9.17, 15) is 4.79 Å². The van der Waals surface area contributed by atoms with Crippen LogP contribution >= 0.6 is 11.8 Å². The molecule has 0 unspecified atom stereocenters. The van der Waals surface area contributed by atoms with Gasteiger partial charge < -0.3 is 4.74 Å². The summed E-state index contributed by atoms with van der Waals surface area (Å²) in [6, 6.07) is 17.2. The molecule has 0 saturated heterocycles. The van der Waals surface area contributed by atoms with Gasteiger partial charge in [-0.1, -0.05) is 18.2 Å². The summed E-state index contributed by atoms with van der Waals surface area (Å²) in [6.45, 7) is 0. The van der Waals surface area contributed by atoms with E-state index in [1.807, 2.05) is 54.6 Å². The number of ether oxygens (including phenoxy) is 1. The molecule has 0 radical (unpaired) electrons. The van der Waals surface area contributed by atoms with Crippen molar-refractivity contribution in [2.45, 2.75) is 4.90 Å². The molecule has 0 aromatic heterocycles. The van der Waals surface area contributed by atoms with Gasteiger partial charge in [0.25, 0.3) is 0 Å². The van der Waals surface area contributed by atoms with Crippen LogP contribution in [-0.4, -0.2) is 25.0 Å². The number of benzene rings is 2. The lowest BCUT2D eigenvalue weighted by atomic mass is 10.2. The fourth-order valence-corrected chi connectivity index (χ4v) is 2.28. The average Bonchev–Trinajstić information content (AvgIpc) is 2.54. The Morgan fingerprint density at radius 2 is 1.90 bits per heavy atom. The number of thioether (sulfide) groups is 1. The fourth-order valence-electron chi connectivity index (χ4n) is 1.57. The van der Waals surface area contributed by atoms with Gasteiger partial charge in [0, 0.05) is 4.90 Å². The monoisotopic (exact) mass is 300 g/mol. The topological polar surface area (TPSA) is 50.7 Å². The van der Waals surface area contributed by atoms with Crippen molar-refractivity contribution in [3.8, 4) is 5.75 Å². The molecule has 1 N–H and O–H groups in total. The predicted octanol–water partition coefficient (Wildman–Crippen LogP) is 2.94. The Morgan fingerprint density at radius 3 is 2.57 bits per heavy atom. The van der Waals surface area contributed by atoms with Crippen LogP contribution in [-0.2, 0) is 4.79 Å². The number of hydrogen-bond donors (Lipinski definition) is 1. The van der Waals surface area contributed by atoms with E-state index in [0.717, 1.165) is 16.2 Å². The summed E-state index contributed by atoms with van der Waals surface area (Å²) < 4.78 is 5.07. The summed E-state index contributed by atoms with van der Waals surface area (Å²) in [6.07, 6.45) is 1.60. The van der Waals surface area contributed by atoms with E-state index in [-0.39, 0.29) is 5.91 Å². The van der Waals surface area contributed by atoms with Crippen molar-refractivity contribution in [1.29, 1.82) is 0 Å². The van der Waals surface area contributed by atoms with Crippen molar-refractivity contribution < 1.29 is 9.53 Å². The minimum atomic E-state index is -0.131. The summed E-state index contributed by atoms with van der Waals surface area (Å²) in [5.74, 6) is 0.994. The maximum atomic E-state index is 11.6. The van der Waals surface area contributed by atoms with Crippen LogP contribution in [0.5, 0.6) is 5.75 Å². The zero-order valence-corrected chi connectivity index (χ0v) is 12.5. The van der Waals surface area contributed by atoms with Gasteiger partial charge in [-0.25, -0.2) is 5.43 Å². The number of rotatable bonds is 6. The van der Waals surface area contributed by atoms with Gasteiger partial charge in [0.2, 0.25) is 5.91 Å². The van der Waals surface area contributed by atoms with Gasteiger partial charge in [-0.05, 0) is 42.0 Å². The quantitative estimate of drug-likeness (QED) is 0.507. The lowest BCUT2D eigenvalue weighted by molar-refractivity contribution is -0.118. The number of methoxy groups -OCH3 is 1. The van der Waals surface area contributed by atoms with Gasteiger partial charge in [-0.2, -0.15) is 5.10 Å². The molecule has 2 aromatic rings. The predicted molar refractivity (Wildman–Crippen MR) is 85.9 cm³/mol. The highest BCUT2D eigenvalue weighted by Gasteiger charge is 2.00. The Labute approximate surface area is 128 Å². The molecule has 0 aliphatic heterocycles. The molecule has 4 nitrogen and oxygen atoms in total. The van der Waals surface area contributed by atoms with E-state index in [1.165, 1.54) is 11.8 Å². The van der Waals surface area contributed by atoms with Gasteiger partial charge in [-0.15, -0.1) is 11.8 Å². The van der Waals surface area contributed by atoms with Crippen LogP contribution in [0.4, 0.5) is 0 Å². The molecule has 21 heavy (non-hydrogen) atoms. The molecule has 5 heteroatoms. The maximum Gasteiger partial charge on any atom is 0.250 e. The third-order valence-corrected chi connectivity index (χ3v) is 3.64. The normalized spacial score (nSPS) is 10.5. The molecule has 1 amide bonds. The van der Waals surface area contributed by atoms with Crippen LogP contribution in [0.2, 0.25) is 0 Å². The van der Waals surface area contributed by atoms with Crippen LogP contribution in [0.15, 0.2) is 64.6 Å². The van der Waals surface area contributed by atoms with Crippen molar-refractivity contribution >= 4 is 23.9 Å². The largest absolute Gasteiger partial charge is 0.497 e. The minimum absolute atomic E-state index is 0.131. The summed E-state index contributed by atoms with van der Waals surface area (Å²) >= 11 is 1.48. The van der Waals surface area contributed by atoms with E-state index < -0.39 is 0 Å². The number of amides is 1. The number of nitrogens with zero attached hydrogens (tertiary/aromatic N) is 1. The number of carbonyl (C=O) groups excluding carboxylic acids is 1. The van der Waals surface area contributed by atoms with Crippen molar-refractivity contribution in [2.24, 2.45) is 5.10 Å². The fraction of sp³-hybridized carbons (Fsp3) is 0.125. The van der Waals surface area contributed by atoms with Crippen molar-refractivity contribution in [3.63, 3.8) is 0 Å². The van der Waals surface area contributed by atoms with E-state index >= 15 is 0 Å². The average molecular weight is 300 g/mol. The highest BCUT2D eigenvalue weighted by molar-refractivity contribution is 8.00. The molecule has 0 atom stereocenters. The molecule has 0 spiro atoms. The molecule has 0 aliphatic carbocycles. The van der Waals surface area contributed by atoms with Gasteiger partial charge in [0.05, 0.1) is 19.1 Å². The van der Waals surface area contributed by atoms with Crippen molar-refractivity contribution in [1.82, 2.24) is 5.43 Å². The molecule has 0 bridgehead atoms. The Hall–Kier alpha value is -2.27. The molecule has 108 valence electrons. The summed E-state index contributed by atoms with van der Waals surface area (Å²) in [7, 11) is 1.62. The maximum absolute atomic E-state index is 11.6. The second-order valence-electron chi connectivity index (χ2n) is 4.17. The van der Waals surface area contributed by atoms with Crippen LogP contribution < -0.4 is 10.2 Å². The summed E-state index contributed by atoms with van der Waals surface area (Å²) in [5, 5.41) is 3.93.